The lowest BCUT2D eigenvalue weighted by atomic mass is 11.6. The molecule has 1 aliphatic rings. The van der Waals surface area contributed by atoms with Gasteiger partial charge in [0.15, 0.2) is 0 Å². The minimum atomic E-state index is 0. The van der Waals surface area contributed by atoms with Crippen LogP contribution in [-0.4, -0.2) is 22.2 Å². The summed E-state index contributed by atoms with van der Waals surface area (Å²) in [4.78, 5) is 0. The molecule has 0 aliphatic carbocycles. The van der Waals surface area contributed by atoms with Crippen LogP contribution in [0.5, 0.6) is 0 Å². The summed E-state index contributed by atoms with van der Waals surface area (Å²) in [5.41, 5.74) is 6.57. The third-order valence-electron chi connectivity index (χ3n) is 0.605. The first-order chi connectivity index (χ1) is 6.00. The highest BCUT2D eigenvalue weighted by Gasteiger charge is 1.81. The molecule has 0 radical (unpaired) electrons. The molecule has 10 heteroatoms. The molecule has 4 nitrogen and oxygen atoms in total. The monoisotopic (exact) mass is 304 g/mol. The summed E-state index contributed by atoms with van der Waals surface area (Å²) in [7, 11) is 5.76. The van der Waals surface area contributed by atoms with Gasteiger partial charge in [-0.05, 0) is 43.2 Å². The molecule has 1 rings (SSSR count). The zero-order valence-corrected chi connectivity index (χ0v) is 12.0. The third-order valence-corrected chi connectivity index (χ3v) is 3.25. The molecule has 0 aromatic carbocycles. The Kier molecular flexibility index (Phi) is 16.9. The van der Waals surface area contributed by atoms with E-state index in [0.717, 1.165) is 0 Å². The van der Waals surface area contributed by atoms with Crippen LogP contribution >= 0.6 is 70.2 Å². The van der Waals surface area contributed by atoms with Gasteiger partial charge in [-0.1, -0.05) is 0 Å². The molecule has 0 aromatic heterocycles. The predicted molar refractivity (Wildman–Crippen MR) is 85.1 cm³/mol. The maximum absolute atomic E-state index is 3.75. The van der Waals surface area contributed by atoms with Crippen LogP contribution in [0.4, 0.5) is 0 Å². The lowest BCUT2D eigenvalue weighted by Crippen LogP contribution is -1.65. The normalized spacial score (nSPS) is 16.0. The molecule has 0 saturated heterocycles. The zero-order chi connectivity index (χ0) is 8.49. The predicted octanol–water partition coefficient (Wildman–Crippen LogP) is 2.93. The quantitative estimate of drug-likeness (QED) is 0.646. The van der Waals surface area contributed by atoms with Gasteiger partial charge in [0.1, 0.15) is 0 Å². The van der Waals surface area contributed by atoms with E-state index in [4.69, 9.17) is 0 Å². The Morgan fingerprint density at radius 3 is 0.929 bits per heavy atom. The molecule has 80 valence electrons. The SMILES string of the molecule is C1=NN=CSSC=NN=CSS1.S.S. The highest BCUT2D eigenvalue weighted by molar-refractivity contribution is 8.86. The minimum absolute atomic E-state index is 0. The Bertz CT molecular complexity index is 178. The van der Waals surface area contributed by atoms with E-state index in [-0.39, 0.29) is 27.0 Å². The van der Waals surface area contributed by atoms with Crippen molar-refractivity contribution in [1.29, 1.82) is 0 Å². The van der Waals surface area contributed by atoms with Crippen molar-refractivity contribution in [3.05, 3.63) is 0 Å². The fraction of sp³-hybridized carbons (Fsp3) is 0. The molecule has 1 aliphatic heterocycles. The average Bonchev–Trinajstić information content (AvgIpc) is 2.05. The van der Waals surface area contributed by atoms with Crippen molar-refractivity contribution in [3.8, 4) is 0 Å². The number of hydrogen-bond donors (Lipinski definition) is 0. The van der Waals surface area contributed by atoms with Gasteiger partial charge < -0.3 is 0 Å². The van der Waals surface area contributed by atoms with Crippen LogP contribution in [0.25, 0.3) is 0 Å². The van der Waals surface area contributed by atoms with Crippen molar-refractivity contribution >= 4 is 92.4 Å². The van der Waals surface area contributed by atoms with Crippen LogP contribution in [0, 0.1) is 0 Å². The standard InChI is InChI=1S/C4H4N4S4.2H2S/c1-5-6-2-11-12-4-8-7-3-10-9-1;;/h1-4H;2*1H2. The van der Waals surface area contributed by atoms with Crippen LogP contribution in [0.15, 0.2) is 20.4 Å². The second-order valence-corrected chi connectivity index (χ2v) is 5.19. The van der Waals surface area contributed by atoms with E-state index in [1.54, 1.807) is 22.2 Å². The first-order valence-electron chi connectivity index (χ1n) is 2.71. The van der Waals surface area contributed by atoms with E-state index in [0.29, 0.717) is 0 Å². The van der Waals surface area contributed by atoms with Crippen molar-refractivity contribution < 1.29 is 0 Å². The number of nitrogens with zero attached hydrogens (tertiary/aromatic N) is 4. The van der Waals surface area contributed by atoms with Crippen molar-refractivity contribution in [3.63, 3.8) is 0 Å². The topological polar surface area (TPSA) is 49.4 Å². The summed E-state index contributed by atoms with van der Waals surface area (Å²) >= 11 is 0. The molecule has 0 amide bonds. The van der Waals surface area contributed by atoms with Crippen LogP contribution in [0.3, 0.4) is 0 Å². The fourth-order valence-electron chi connectivity index (χ4n) is 0.285. The summed E-state index contributed by atoms with van der Waals surface area (Å²) in [6, 6.07) is 0. The van der Waals surface area contributed by atoms with Crippen LogP contribution in [0.1, 0.15) is 0 Å². The van der Waals surface area contributed by atoms with E-state index in [1.807, 2.05) is 0 Å². The zero-order valence-electron chi connectivity index (χ0n) is 6.73. The maximum atomic E-state index is 3.75. The summed E-state index contributed by atoms with van der Waals surface area (Å²) in [5.74, 6) is 0. The Labute approximate surface area is 112 Å². The highest BCUT2D eigenvalue weighted by Crippen LogP contribution is 2.17. The Morgan fingerprint density at radius 1 is 0.500 bits per heavy atom. The first-order valence-corrected chi connectivity index (χ1v) is 7.26. The lowest BCUT2D eigenvalue weighted by molar-refractivity contribution is 1.29. The molecule has 0 unspecified atom stereocenters. The Balaban J connectivity index is 0. The van der Waals surface area contributed by atoms with Crippen molar-refractivity contribution in [2.24, 2.45) is 20.4 Å². The van der Waals surface area contributed by atoms with Gasteiger partial charge in [0.2, 0.25) is 0 Å². The van der Waals surface area contributed by atoms with E-state index in [1.165, 1.54) is 43.2 Å². The molecule has 0 saturated carbocycles. The van der Waals surface area contributed by atoms with Crippen LogP contribution in [-0.2, 0) is 0 Å². The minimum Gasteiger partial charge on any atom is -0.197 e. The summed E-state index contributed by atoms with van der Waals surface area (Å²) in [5, 5.41) is 15.0. The average molecular weight is 305 g/mol. The smallest absolute Gasteiger partial charge is 0.0935 e. The summed E-state index contributed by atoms with van der Waals surface area (Å²) in [6.07, 6.45) is 0. The largest absolute Gasteiger partial charge is 0.197 e. The lowest BCUT2D eigenvalue weighted by Gasteiger charge is -1.85. The molecule has 14 heavy (non-hydrogen) atoms. The number of hydrogen-bond acceptors (Lipinski definition) is 8. The van der Waals surface area contributed by atoms with Gasteiger partial charge in [-0.15, -0.1) is 0 Å². The molecule has 0 spiro atoms. The van der Waals surface area contributed by atoms with Crippen molar-refractivity contribution in [2.45, 2.75) is 0 Å². The van der Waals surface area contributed by atoms with Gasteiger partial charge in [0.25, 0.3) is 0 Å². The molecule has 0 N–H and O–H groups in total. The van der Waals surface area contributed by atoms with Gasteiger partial charge in [-0.3, -0.25) is 0 Å². The van der Waals surface area contributed by atoms with E-state index in [2.05, 4.69) is 20.4 Å². The maximum Gasteiger partial charge on any atom is 0.0935 e. The molecule has 0 bridgehead atoms. The molecule has 0 atom stereocenters. The van der Waals surface area contributed by atoms with E-state index < -0.39 is 0 Å². The second kappa shape index (κ2) is 13.8. The van der Waals surface area contributed by atoms with Gasteiger partial charge in [-0.2, -0.15) is 47.4 Å². The van der Waals surface area contributed by atoms with Crippen LogP contribution < -0.4 is 0 Å². The molecular weight excluding hydrogens is 296 g/mol. The highest BCUT2D eigenvalue weighted by atomic mass is 33.1. The fourth-order valence-corrected chi connectivity index (χ4v) is 1.91. The van der Waals surface area contributed by atoms with Gasteiger partial charge in [0, 0.05) is 0 Å². The van der Waals surface area contributed by atoms with Gasteiger partial charge >= 0.3 is 0 Å². The Hall–Kier alpha value is 0.780. The van der Waals surface area contributed by atoms with Crippen LogP contribution in [0.2, 0.25) is 0 Å². The van der Waals surface area contributed by atoms with Crippen molar-refractivity contribution in [2.75, 3.05) is 0 Å². The second-order valence-electron chi connectivity index (χ2n) is 1.27. The molecule has 0 aromatic rings. The summed E-state index contributed by atoms with van der Waals surface area (Å²) < 4.78 is 0. The third kappa shape index (κ3) is 10.9. The Morgan fingerprint density at radius 2 is 0.714 bits per heavy atom. The van der Waals surface area contributed by atoms with E-state index in [9.17, 15) is 0 Å². The molecule has 1 heterocycles. The summed E-state index contributed by atoms with van der Waals surface area (Å²) in [6.45, 7) is 0. The van der Waals surface area contributed by atoms with Gasteiger partial charge in [0.05, 0.1) is 22.2 Å². The van der Waals surface area contributed by atoms with Gasteiger partial charge in [-0.25, -0.2) is 0 Å². The first kappa shape index (κ1) is 17.2. The molecular formula is C4H8N4S6. The molecule has 0 fully saturated rings. The number of rotatable bonds is 0. The van der Waals surface area contributed by atoms with Crippen molar-refractivity contribution in [1.82, 2.24) is 0 Å². The van der Waals surface area contributed by atoms with E-state index >= 15 is 0 Å².